The van der Waals surface area contributed by atoms with Crippen molar-refractivity contribution in [3.63, 3.8) is 0 Å². The van der Waals surface area contributed by atoms with Crippen LogP contribution in [0.15, 0.2) is 23.1 Å². The first kappa shape index (κ1) is 15.2. The maximum absolute atomic E-state index is 11.9. The second-order valence-corrected chi connectivity index (χ2v) is 6.08. The Morgan fingerprint density at radius 3 is 2.72 bits per heavy atom. The summed E-state index contributed by atoms with van der Waals surface area (Å²) < 4.78 is 0. The fraction of sp³-hybridized carbons (Fsp3) is 0.462. The zero-order chi connectivity index (χ0) is 13.7. The van der Waals surface area contributed by atoms with Crippen LogP contribution in [0.2, 0.25) is 5.02 Å². The molecule has 5 heteroatoms. The third-order valence-electron chi connectivity index (χ3n) is 2.65. The maximum atomic E-state index is 11.9. The smallest absolute Gasteiger partial charge is 0.233 e. The number of nitrogens with two attached hydrogens (primary N) is 1. The molecule has 0 spiro atoms. The van der Waals surface area contributed by atoms with Crippen LogP contribution < -0.4 is 11.1 Å². The molecule has 1 amide bonds. The van der Waals surface area contributed by atoms with E-state index in [1.807, 2.05) is 26.8 Å². The Kier molecular flexibility index (Phi) is 5.82. The van der Waals surface area contributed by atoms with E-state index in [9.17, 15) is 4.79 Å². The maximum Gasteiger partial charge on any atom is 0.233 e. The predicted octanol–water partition coefficient (Wildman–Crippen LogP) is 3.32. The molecule has 1 aromatic carbocycles. The van der Waals surface area contributed by atoms with E-state index in [0.717, 1.165) is 11.3 Å². The van der Waals surface area contributed by atoms with Gasteiger partial charge in [0.2, 0.25) is 5.91 Å². The van der Waals surface area contributed by atoms with Crippen LogP contribution in [0.3, 0.4) is 0 Å². The fourth-order valence-electron chi connectivity index (χ4n) is 1.33. The van der Waals surface area contributed by atoms with Crippen LogP contribution in [-0.4, -0.2) is 17.2 Å². The summed E-state index contributed by atoms with van der Waals surface area (Å²) in [5, 5.41) is 3.38. The van der Waals surface area contributed by atoms with Gasteiger partial charge < -0.3 is 11.1 Å². The summed E-state index contributed by atoms with van der Waals surface area (Å²) in [5.74, 6) is 0.0312. The van der Waals surface area contributed by atoms with Crippen molar-refractivity contribution in [3.05, 3.63) is 23.2 Å². The van der Waals surface area contributed by atoms with E-state index in [4.69, 9.17) is 17.3 Å². The van der Waals surface area contributed by atoms with E-state index in [1.54, 1.807) is 12.1 Å². The summed E-state index contributed by atoms with van der Waals surface area (Å²) in [4.78, 5) is 12.8. The normalized spacial score (nSPS) is 14.0. The van der Waals surface area contributed by atoms with Gasteiger partial charge >= 0.3 is 0 Å². The molecule has 0 heterocycles. The van der Waals surface area contributed by atoms with Crippen LogP contribution in [0.25, 0.3) is 0 Å². The lowest BCUT2D eigenvalue weighted by Crippen LogP contribution is -2.37. The highest BCUT2D eigenvalue weighted by Gasteiger charge is 2.16. The largest absolute Gasteiger partial charge is 0.398 e. The Balaban J connectivity index is 2.63. The molecular formula is C13H19ClN2OS. The number of benzene rings is 1. The Morgan fingerprint density at radius 2 is 2.17 bits per heavy atom. The average Bonchev–Trinajstić information content (AvgIpc) is 2.32. The highest BCUT2D eigenvalue weighted by molar-refractivity contribution is 8.00. The molecule has 0 saturated carbocycles. The minimum atomic E-state index is -0.178. The Labute approximate surface area is 117 Å². The first-order chi connectivity index (χ1) is 8.43. The second-order valence-electron chi connectivity index (χ2n) is 4.26. The summed E-state index contributed by atoms with van der Waals surface area (Å²) in [6.45, 7) is 5.91. The van der Waals surface area contributed by atoms with Crippen molar-refractivity contribution >= 4 is 35.0 Å². The van der Waals surface area contributed by atoms with Gasteiger partial charge in [-0.25, -0.2) is 0 Å². The number of carbonyl (C=O) groups excluding carboxylic acids is 1. The van der Waals surface area contributed by atoms with Crippen LogP contribution >= 0.6 is 23.4 Å². The minimum Gasteiger partial charge on any atom is -0.398 e. The molecule has 3 nitrogen and oxygen atoms in total. The monoisotopic (exact) mass is 286 g/mol. The number of thioether (sulfide) groups is 1. The summed E-state index contributed by atoms with van der Waals surface area (Å²) in [6.07, 6.45) is 0.923. The minimum absolute atomic E-state index is 0.0312. The molecule has 2 atom stereocenters. The highest BCUT2D eigenvalue weighted by Crippen LogP contribution is 2.30. The Bertz CT molecular complexity index is 425. The van der Waals surface area contributed by atoms with E-state index >= 15 is 0 Å². The standard InChI is InChI=1S/C13H19ClN2OS/c1-4-8(2)16-13(17)9(3)18-12-6-5-10(14)7-11(12)15/h5-9H,4,15H2,1-3H3,(H,16,17). The van der Waals surface area contributed by atoms with Gasteiger partial charge in [0.15, 0.2) is 0 Å². The number of hydrogen-bond donors (Lipinski definition) is 2. The van der Waals surface area contributed by atoms with Crippen LogP contribution in [0.5, 0.6) is 0 Å². The second kappa shape index (κ2) is 6.90. The number of carbonyl (C=O) groups is 1. The van der Waals surface area contributed by atoms with Gasteiger partial charge in [0.25, 0.3) is 0 Å². The zero-order valence-corrected chi connectivity index (χ0v) is 12.4. The lowest BCUT2D eigenvalue weighted by Gasteiger charge is -2.16. The van der Waals surface area contributed by atoms with E-state index in [1.165, 1.54) is 11.8 Å². The number of nitrogens with one attached hydrogen (secondary N) is 1. The van der Waals surface area contributed by atoms with E-state index < -0.39 is 0 Å². The zero-order valence-electron chi connectivity index (χ0n) is 10.9. The van der Waals surface area contributed by atoms with Gasteiger partial charge in [-0.2, -0.15) is 0 Å². The first-order valence-electron chi connectivity index (χ1n) is 5.96. The van der Waals surface area contributed by atoms with E-state index in [2.05, 4.69) is 5.32 Å². The van der Waals surface area contributed by atoms with Crippen molar-refractivity contribution < 1.29 is 4.79 Å². The summed E-state index contributed by atoms with van der Waals surface area (Å²) in [6, 6.07) is 5.51. The SMILES string of the molecule is CCC(C)NC(=O)C(C)Sc1ccc(Cl)cc1N. The van der Waals surface area contributed by atoms with Gasteiger partial charge in [-0.1, -0.05) is 18.5 Å². The van der Waals surface area contributed by atoms with Crippen LogP contribution in [0.1, 0.15) is 27.2 Å². The molecule has 18 heavy (non-hydrogen) atoms. The molecule has 0 aliphatic carbocycles. The van der Waals surface area contributed by atoms with Gasteiger partial charge in [0, 0.05) is 21.6 Å². The number of anilines is 1. The first-order valence-corrected chi connectivity index (χ1v) is 7.21. The number of halogens is 1. The highest BCUT2D eigenvalue weighted by atomic mass is 35.5. The molecule has 3 N–H and O–H groups in total. The molecule has 1 rings (SSSR count). The third-order valence-corrected chi connectivity index (χ3v) is 4.07. The van der Waals surface area contributed by atoms with E-state index in [0.29, 0.717) is 10.7 Å². The molecule has 1 aromatic rings. The summed E-state index contributed by atoms with van der Waals surface area (Å²) in [7, 11) is 0. The number of amides is 1. The molecule has 100 valence electrons. The summed E-state index contributed by atoms with van der Waals surface area (Å²) >= 11 is 7.28. The van der Waals surface area contributed by atoms with Crippen LogP contribution in [0, 0.1) is 0 Å². The molecule has 0 aromatic heterocycles. The molecule has 0 aliphatic heterocycles. The predicted molar refractivity (Wildman–Crippen MR) is 79.1 cm³/mol. The Hall–Kier alpha value is -0.870. The van der Waals surface area contributed by atoms with Crippen molar-refractivity contribution in [1.82, 2.24) is 5.32 Å². The molecule has 0 fully saturated rings. The van der Waals surface area contributed by atoms with Gasteiger partial charge in [-0.15, -0.1) is 11.8 Å². The number of nitrogen functional groups attached to an aromatic ring is 1. The average molecular weight is 287 g/mol. The van der Waals surface area contributed by atoms with Crippen LogP contribution in [0.4, 0.5) is 5.69 Å². The lowest BCUT2D eigenvalue weighted by atomic mass is 10.2. The molecule has 0 bridgehead atoms. The van der Waals surface area contributed by atoms with Gasteiger partial charge in [0.1, 0.15) is 0 Å². The molecule has 0 radical (unpaired) electrons. The van der Waals surface area contributed by atoms with E-state index in [-0.39, 0.29) is 17.2 Å². The van der Waals surface area contributed by atoms with Crippen molar-refractivity contribution in [2.24, 2.45) is 0 Å². The van der Waals surface area contributed by atoms with Crippen molar-refractivity contribution in [1.29, 1.82) is 0 Å². The van der Waals surface area contributed by atoms with Gasteiger partial charge in [0.05, 0.1) is 5.25 Å². The molecule has 0 aliphatic rings. The van der Waals surface area contributed by atoms with Crippen LogP contribution in [-0.2, 0) is 4.79 Å². The molecular weight excluding hydrogens is 268 g/mol. The van der Waals surface area contributed by atoms with Crippen molar-refractivity contribution in [2.45, 2.75) is 43.4 Å². The lowest BCUT2D eigenvalue weighted by molar-refractivity contribution is -0.120. The molecule has 2 unspecified atom stereocenters. The fourth-order valence-corrected chi connectivity index (χ4v) is 2.41. The van der Waals surface area contributed by atoms with Crippen molar-refractivity contribution in [3.8, 4) is 0 Å². The molecule has 0 saturated heterocycles. The third kappa shape index (κ3) is 4.42. The van der Waals surface area contributed by atoms with Gasteiger partial charge in [-0.3, -0.25) is 4.79 Å². The van der Waals surface area contributed by atoms with Gasteiger partial charge in [-0.05, 0) is 38.5 Å². The summed E-state index contributed by atoms with van der Waals surface area (Å²) in [5.41, 5.74) is 6.47. The topological polar surface area (TPSA) is 55.1 Å². The Morgan fingerprint density at radius 1 is 1.50 bits per heavy atom. The quantitative estimate of drug-likeness (QED) is 0.645. The van der Waals surface area contributed by atoms with Crippen molar-refractivity contribution in [2.75, 3.05) is 5.73 Å². The number of hydrogen-bond acceptors (Lipinski definition) is 3. The number of rotatable bonds is 5.